The topological polar surface area (TPSA) is 16.4 Å². The molecule has 0 fully saturated rings. The van der Waals surface area contributed by atoms with E-state index in [0.29, 0.717) is 0 Å². The van der Waals surface area contributed by atoms with Gasteiger partial charge >= 0.3 is 0 Å². The van der Waals surface area contributed by atoms with Crippen LogP contribution in [0.1, 0.15) is 0 Å². The van der Waals surface area contributed by atoms with E-state index >= 15 is 0 Å². The van der Waals surface area contributed by atoms with Crippen molar-refractivity contribution in [2.75, 3.05) is 4.90 Å². The SMILES string of the molecule is c1ccc(-c2ccc(-c3ccc(-c4ccc(N(c5ccc6c(c5)oc5ccccc56)c5c(-c6ccc7ccccc7c6)c6ccccc6c6ccccc56)cc4)cc3)cc2)cc1. The summed E-state index contributed by atoms with van der Waals surface area (Å²) in [5, 5.41) is 9.48. The fraction of sp³-hybridized carbons (Fsp3) is 0. The van der Waals surface area contributed by atoms with Crippen molar-refractivity contribution in [1.29, 1.82) is 0 Å². The van der Waals surface area contributed by atoms with Crippen molar-refractivity contribution in [1.82, 2.24) is 0 Å². The van der Waals surface area contributed by atoms with Crippen molar-refractivity contribution >= 4 is 71.3 Å². The molecule has 290 valence electrons. The number of fused-ring (bicyclic) bond motifs is 7. The fourth-order valence-electron chi connectivity index (χ4n) is 9.40. The first-order chi connectivity index (χ1) is 30.7. The van der Waals surface area contributed by atoms with Gasteiger partial charge in [0.1, 0.15) is 11.2 Å². The van der Waals surface area contributed by atoms with Crippen LogP contribution in [0.4, 0.5) is 17.1 Å². The van der Waals surface area contributed by atoms with E-state index in [1.807, 2.05) is 12.1 Å². The van der Waals surface area contributed by atoms with Gasteiger partial charge in [-0.25, -0.2) is 0 Å². The highest BCUT2D eigenvalue weighted by molar-refractivity contribution is 6.23. The first kappa shape index (κ1) is 35.7. The molecule has 2 nitrogen and oxygen atoms in total. The summed E-state index contributed by atoms with van der Waals surface area (Å²) >= 11 is 0. The van der Waals surface area contributed by atoms with Gasteiger partial charge in [0.2, 0.25) is 0 Å². The number of furan rings is 1. The molecular formula is C60H39NO. The van der Waals surface area contributed by atoms with Gasteiger partial charge in [0.15, 0.2) is 0 Å². The van der Waals surface area contributed by atoms with E-state index in [0.717, 1.165) is 44.6 Å². The lowest BCUT2D eigenvalue weighted by molar-refractivity contribution is 0.669. The van der Waals surface area contributed by atoms with Crippen molar-refractivity contribution in [3.63, 3.8) is 0 Å². The number of nitrogens with zero attached hydrogens (tertiary/aromatic N) is 1. The Morgan fingerprint density at radius 2 is 0.710 bits per heavy atom. The highest BCUT2D eigenvalue weighted by atomic mass is 16.3. The van der Waals surface area contributed by atoms with Gasteiger partial charge in [0.05, 0.1) is 5.69 Å². The number of benzene rings is 11. The maximum atomic E-state index is 6.55. The van der Waals surface area contributed by atoms with Crippen LogP contribution in [0.3, 0.4) is 0 Å². The quantitative estimate of drug-likeness (QED) is 0.150. The molecule has 0 bridgehead atoms. The highest BCUT2D eigenvalue weighted by Crippen LogP contribution is 2.50. The van der Waals surface area contributed by atoms with Gasteiger partial charge in [-0.1, -0.05) is 194 Å². The van der Waals surface area contributed by atoms with E-state index in [-0.39, 0.29) is 0 Å². The maximum absolute atomic E-state index is 6.55. The number of hydrogen-bond acceptors (Lipinski definition) is 2. The molecule has 0 spiro atoms. The molecule has 0 saturated heterocycles. The molecule has 0 aliphatic heterocycles. The van der Waals surface area contributed by atoms with Crippen molar-refractivity contribution in [3.8, 4) is 44.5 Å². The Balaban J connectivity index is 1.02. The molecule has 1 heterocycles. The number of hydrogen-bond donors (Lipinski definition) is 0. The molecule has 0 aliphatic rings. The lowest BCUT2D eigenvalue weighted by Gasteiger charge is -2.31. The second-order valence-corrected chi connectivity index (χ2v) is 16.1. The Labute approximate surface area is 360 Å². The molecule has 12 rings (SSSR count). The zero-order chi connectivity index (χ0) is 41.0. The minimum atomic E-state index is 0.859. The standard InChI is InChI=1S/C60H39NO/c1-2-12-40(13-3-1)42-22-24-43(25-23-42)44-26-28-45(29-27-44)46-32-34-49(35-33-46)61(50-36-37-54-53-18-10-11-21-57(53)62-58(54)39-50)60-56-20-9-7-17-52(56)51-16-6-8-19-55(51)59(60)48-31-30-41-14-4-5-15-47(41)38-48/h1-39H. The van der Waals surface area contributed by atoms with Crippen LogP contribution in [0.25, 0.3) is 98.8 Å². The summed E-state index contributed by atoms with van der Waals surface area (Å²) in [4.78, 5) is 2.44. The Hall–Kier alpha value is -8.20. The molecule has 12 aromatic rings. The smallest absolute Gasteiger partial charge is 0.137 e. The van der Waals surface area contributed by atoms with Crippen molar-refractivity contribution in [2.45, 2.75) is 0 Å². The predicted octanol–water partition coefficient (Wildman–Crippen LogP) is 17.2. The number of rotatable bonds is 7. The normalized spacial score (nSPS) is 11.5. The fourth-order valence-corrected chi connectivity index (χ4v) is 9.40. The molecular weight excluding hydrogens is 751 g/mol. The van der Waals surface area contributed by atoms with Gasteiger partial charge in [-0.2, -0.15) is 0 Å². The van der Waals surface area contributed by atoms with Crippen LogP contribution in [0.5, 0.6) is 0 Å². The first-order valence-electron chi connectivity index (χ1n) is 21.2. The van der Waals surface area contributed by atoms with E-state index < -0.39 is 0 Å². The van der Waals surface area contributed by atoms with Crippen molar-refractivity contribution in [2.24, 2.45) is 0 Å². The Bertz CT molecular complexity index is 3600. The van der Waals surface area contributed by atoms with Gasteiger partial charge < -0.3 is 9.32 Å². The monoisotopic (exact) mass is 789 g/mol. The summed E-state index contributed by atoms with van der Waals surface area (Å²) in [6.45, 7) is 0. The van der Waals surface area contributed by atoms with Crippen LogP contribution in [-0.4, -0.2) is 0 Å². The molecule has 0 atom stereocenters. The molecule has 62 heavy (non-hydrogen) atoms. The molecule has 0 N–H and O–H groups in total. The molecule has 2 heteroatoms. The summed E-state index contributed by atoms with van der Waals surface area (Å²) in [7, 11) is 0. The number of anilines is 3. The largest absolute Gasteiger partial charge is 0.456 e. The third-order valence-corrected chi connectivity index (χ3v) is 12.5. The summed E-state index contributed by atoms with van der Waals surface area (Å²) in [6.07, 6.45) is 0. The second kappa shape index (κ2) is 14.8. The maximum Gasteiger partial charge on any atom is 0.137 e. The third-order valence-electron chi connectivity index (χ3n) is 12.5. The van der Waals surface area contributed by atoms with Crippen molar-refractivity contribution < 1.29 is 4.42 Å². The summed E-state index contributed by atoms with van der Waals surface area (Å²) in [5.41, 5.74) is 14.5. The lowest BCUT2D eigenvalue weighted by Crippen LogP contribution is -2.12. The summed E-state index contributed by atoms with van der Waals surface area (Å²) < 4.78 is 6.55. The minimum absolute atomic E-state index is 0.859. The van der Waals surface area contributed by atoms with E-state index in [9.17, 15) is 0 Å². The molecule has 11 aromatic carbocycles. The van der Waals surface area contributed by atoms with Gasteiger partial charge in [-0.3, -0.25) is 0 Å². The molecule has 0 aliphatic carbocycles. The average Bonchev–Trinajstić information content (AvgIpc) is 3.73. The molecule has 0 radical (unpaired) electrons. The first-order valence-corrected chi connectivity index (χ1v) is 21.2. The van der Waals surface area contributed by atoms with Crippen LogP contribution in [0.15, 0.2) is 241 Å². The molecule has 1 aromatic heterocycles. The molecule has 0 amide bonds. The lowest BCUT2D eigenvalue weighted by atomic mass is 9.89. The highest BCUT2D eigenvalue weighted by Gasteiger charge is 2.24. The zero-order valence-corrected chi connectivity index (χ0v) is 33.9. The third kappa shape index (κ3) is 6.12. The minimum Gasteiger partial charge on any atom is -0.456 e. The van der Waals surface area contributed by atoms with Gasteiger partial charge in [-0.15, -0.1) is 0 Å². The Morgan fingerprint density at radius 1 is 0.258 bits per heavy atom. The van der Waals surface area contributed by atoms with Crippen LogP contribution in [-0.2, 0) is 0 Å². The van der Waals surface area contributed by atoms with E-state index in [1.165, 1.54) is 71.3 Å². The van der Waals surface area contributed by atoms with Crippen LogP contribution < -0.4 is 4.90 Å². The summed E-state index contributed by atoms with van der Waals surface area (Å²) in [5.74, 6) is 0. The van der Waals surface area contributed by atoms with E-state index in [2.05, 4.69) is 229 Å². The number of para-hydroxylation sites is 1. The molecule has 0 unspecified atom stereocenters. The van der Waals surface area contributed by atoms with Gasteiger partial charge in [0, 0.05) is 39.2 Å². The van der Waals surface area contributed by atoms with E-state index in [4.69, 9.17) is 4.42 Å². The van der Waals surface area contributed by atoms with Gasteiger partial charge in [0.25, 0.3) is 0 Å². The zero-order valence-electron chi connectivity index (χ0n) is 33.9. The van der Waals surface area contributed by atoms with Crippen LogP contribution in [0, 0.1) is 0 Å². The van der Waals surface area contributed by atoms with E-state index in [1.54, 1.807) is 0 Å². The van der Waals surface area contributed by atoms with Crippen LogP contribution >= 0.6 is 0 Å². The average molecular weight is 790 g/mol. The Morgan fingerprint density at radius 3 is 1.37 bits per heavy atom. The summed E-state index contributed by atoms with van der Waals surface area (Å²) in [6, 6.07) is 85.5. The second-order valence-electron chi connectivity index (χ2n) is 16.1. The Kier molecular flexibility index (Phi) is 8.53. The molecule has 0 saturated carbocycles. The van der Waals surface area contributed by atoms with Crippen LogP contribution in [0.2, 0.25) is 0 Å². The predicted molar refractivity (Wildman–Crippen MR) is 263 cm³/mol. The van der Waals surface area contributed by atoms with Gasteiger partial charge in [-0.05, 0) is 102 Å². The van der Waals surface area contributed by atoms with Crippen molar-refractivity contribution in [3.05, 3.63) is 237 Å².